The van der Waals surface area contributed by atoms with Gasteiger partial charge in [0.05, 0.1) is 0 Å². The van der Waals surface area contributed by atoms with Gasteiger partial charge < -0.3 is 11.5 Å². The van der Waals surface area contributed by atoms with Crippen molar-refractivity contribution in [2.75, 3.05) is 11.5 Å². The first-order valence-electron chi connectivity index (χ1n) is 7.49. The molecule has 3 rings (SSSR count). The Bertz CT molecular complexity index is 953. The average Bonchev–Trinajstić information content (AvgIpc) is 2.99. The monoisotopic (exact) mass is 376 g/mol. The Hall–Kier alpha value is -3.97. The molecule has 3 heterocycles. The maximum atomic E-state index is 11.9. The molecule has 0 aromatic carbocycles. The second kappa shape index (κ2) is 7.94. The van der Waals surface area contributed by atoms with Gasteiger partial charge in [-0.3, -0.25) is 29.7 Å². The molecule has 14 heteroatoms. The summed E-state index contributed by atoms with van der Waals surface area (Å²) < 4.78 is 0. The minimum atomic E-state index is -1.01. The van der Waals surface area contributed by atoms with Crippen LogP contribution in [0, 0.1) is 0 Å². The van der Waals surface area contributed by atoms with E-state index in [4.69, 9.17) is 11.5 Å². The number of aliphatic imine (C=N–C) groups is 2. The van der Waals surface area contributed by atoms with E-state index in [1.54, 1.807) is 21.9 Å². The fourth-order valence-corrected chi connectivity index (χ4v) is 1.97. The van der Waals surface area contributed by atoms with Crippen LogP contribution < -0.4 is 28.5 Å². The molecule has 0 saturated carbocycles. The molecule has 0 spiro atoms. The van der Waals surface area contributed by atoms with Crippen molar-refractivity contribution in [3.8, 4) is 0 Å². The van der Waals surface area contributed by atoms with Crippen molar-refractivity contribution >= 4 is 30.1 Å². The molecule has 1 aliphatic rings. The summed E-state index contributed by atoms with van der Waals surface area (Å²) in [7, 11) is 0. The highest BCUT2D eigenvalue weighted by atomic mass is 16.2. The standard InChI is InChI=1S/C10H13N7O.C3H3N3O3/c1-10(13-4-5-14-10)6(18)2-3-7-15-8(11)17-9(12)16-7;7-1-4-2(8)6-3(9)5-1/h4-5H,2-3H2,1H3,(H4,11,12,15,16,17);(H3,4,5,6,7,8,9). The van der Waals surface area contributed by atoms with Crippen molar-refractivity contribution < 1.29 is 4.79 Å². The molecule has 1 aliphatic heterocycles. The summed E-state index contributed by atoms with van der Waals surface area (Å²) in [5, 5.41) is 0. The Morgan fingerprint density at radius 1 is 0.926 bits per heavy atom. The number of H-pyrrole nitrogens is 3. The lowest BCUT2D eigenvalue weighted by Crippen LogP contribution is -2.34. The van der Waals surface area contributed by atoms with Gasteiger partial charge in [0.2, 0.25) is 17.6 Å². The summed E-state index contributed by atoms with van der Waals surface area (Å²) in [5.74, 6) is 0.383. The Morgan fingerprint density at radius 3 is 1.81 bits per heavy atom. The molecule has 0 atom stereocenters. The van der Waals surface area contributed by atoms with Crippen LogP contribution >= 0.6 is 0 Å². The molecule has 0 radical (unpaired) electrons. The highest BCUT2D eigenvalue weighted by Crippen LogP contribution is 2.18. The van der Waals surface area contributed by atoms with Gasteiger partial charge in [0, 0.05) is 25.3 Å². The van der Waals surface area contributed by atoms with Crippen molar-refractivity contribution in [3.05, 3.63) is 37.3 Å². The minimum Gasteiger partial charge on any atom is -0.368 e. The molecule has 0 aliphatic carbocycles. The van der Waals surface area contributed by atoms with Gasteiger partial charge in [-0.2, -0.15) is 15.0 Å². The van der Waals surface area contributed by atoms with E-state index in [1.165, 1.54) is 12.4 Å². The molecular weight excluding hydrogens is 360 g/mol. The van der Waals surface area contributed by atoms with Crippen LogP contribution in [0.5, 0.6) is 0 Å². The van der Waals surface area contributed by atoms with Crippen LogP contribution in [-0.2, 0) is 11.2 Å². The lowest BCUT2D eigenvalue weighted by Gasteiger charge is -2.15. The van der Waals surface area contributed by atoms with Crippen molar-refractivity contribution in [2.24, 2.45) is 9.98 Å². The number of Topliss-reactive ketones (excluding diaryl/α,β-unsaturated/α-hetero) is 1. The summed E-state index contributed by atoms with van der Waals surface area (Å²) in [6, 6.07) is 0. The zero-order chi connectivity index (χ0) is 20.0. The van der Waals surface area contributed by atoms with E-state index < -0.39 is 22.7 Å². The van der Waals surface area contributed by atoms with E-state index >= 15 is 0 Å². The highest BCUT2D eigenvalue weighted by molar-refractivity contribution is 6.19. The van der Waals surface area contributed by atoms with Gasteiger partial charge in [-0.05, 0) is 6.92 Å². The predicted molar refractivity (Wildman–Crippen MR) is 95.7 cm³/mol. The van der Waals surface area contributed by atoms with Crippen molar-refractivity contribution in [1.82, 2.24) is 29.9 Å². The number of anilines is 2. The Morgan fingerprint density at radius 2 is 1.37 bits per heavy atom. The number of carbonyl (C=O) groups excluding carboxylic acids is 1. The van der Waals surface area contributed by atoms with Crippen LogP contribution in [0.3, 0.4) is 0 Å². The van der Waals surface area contributed by atoms with Crippen LogP contribution in [0.2, 0.25) is 0 Å². The van der Waals surface area contributed by atoms with E-state index in [1.807, 2.05) is 0 Å². The molecule has 0 amide bonds. The van der Waals surface area contributed by atoms with Crippen LogP contribution in [0.25, 0.3) is 0 Å². The zero-order valence-electron chi connectivity index (χ0n) is 14.1. The van der Waals surface area contributed by atoms with Gasteiger partial charge in [0.1, 0.15) is 5.82 Å². The maximum Gasteiger partial charge on any atom is 0.330 e. The number of ketones is 1. The smallest absolute Gasteiger partial charge is 0.330 e. The molecule has 27 heavy (non-hydrogen) atoms. The van der Waals surface area contributed by atoms with Crippen molar-refractivity contribution in [3.63, 3.8) is 0 Å². The van der Waals surface area contributed by atoms with E-state index in [9.17, 15) is 19.2 Å². The number of hydrogen-bond acceptors (Lipinski definition) is 11. The number of rotatable bonds is 4. The second-order valence-corrected chi connectivity index (χ2v) is 5.33. The number of nitrogens with zero attached hydrogens (tertiary/aromatic N) is 5. The number of aromatic nitrogens is 6. The number of nitrogens with two attached hydrogens (primary N) is 2. The van der Waals surface area contributed by atoms with Gasteiger partial charge in [0.25, 0.3) is 0 Å². The first-order valence-corrected chi connectivity index (χ1v) is 7.49. The quantitative estimate of drug-likeness (QED) is 0.369. The van der Waals surface area contributed by atoms with Crippen molar-refractivity contribution in [2.45, 2.75) is 25.4 Å². The Balaban J connectivity index is 0.000000244. The number of aryl methyl sites for hydroxylation is 1. The SMILES string of the molecule is CC1(C(=O)CCc2nc(N)nc(N)n2)N=CC=N1.O=c1[nH]c(=O)[nH]c(=O)[nH]1. The first-order chi connectivity index (χ1) is 12.7. The first kappa shape index (κ1) is 19.4. The van der Waals surface area contributed by atoms with Crippen LogP contribution in [0.15, 0.2) is 24.4 Å². The van der Waals surface area contributed by atoms with Gasteiger partial charge in [0.15, 0.2) is 5.78 Å². The van der Waals surface area contributed by atoms with Gasteiger partial charge in [-0.1, -0.05) is 0 Å². The number of aromatic amines is 3. The average molecular weight is 376 g/mol. The maximum absolute atomic E-state index is 11.9. The highest BCUT2D eigenvalue weighted by Gasteiger charge is 2.31. The lowest BCUT2D eigenvalue weighted by atomic mass is 10.0. The van der Waals surface area contributed by atoms with Crippen LogP contribution in [-0.4, -0.2) is 53.8 Å². The third-order valence-electron chi connectivity index (χ3n) is 3.22. The summed E-state index contributed by atoms with van der Waals surface area (Å²) in [6.45, 7) is 1.66. The molecule has 0 fully saturated rings. The van der Waals surface area contributed by atoms with Gasteiger partial charge in [-0.15, -0.1) is 0 Å². The predicted octanol–water partition coefficient (Wildman–Crippen LogP) is -2.84. The molecule has 14 nitrogen and oxygen atoms in total. The summed E-state index contributed by atoms with van der Waals surface area (Å²) in [4.78, 5) is 67.3. The third kappa shape index (κ3) is 5.52. The number of nitrogen functional groups attached to an aromatic ring is 2. The topological polar surface area (TPSA) is 231 Å². The molecule has 2 aromatic rings. The van der Waals surface area contributed by atoms with Crippen molar-refractivity contribution in [1.29, 1.82) is 0 Å². The zero-order valence-corrected chi connectivity index (χ0v) is 14.1. The summed E-state index contributed by atoms with van der Waals surface area (Å²) in [6.07, 6.45) is 3.57. The number of hydrogen-bond donors (Lipinski definition) is 5. The van der Waals surface area contributed by atoms with Gasteiger partial charge in [-0.25, -0.2) is 14.4 Å². The molecule has 0 bridgehead atoms. The Kier molecular flexibility index (Phi) is 5.69. The largest absolute Gasteiger partial charge is 0.368 e. The van der Waals surface area contributed by atoms with Crippen LogP contribution in [0.4, 0.5) is 11.9 Å². The third-order valence-corrected chi connectivity index (χ3v) is 3.22. The molecule has 0 unspecified atom stereocenters. The molecule has 142 valence electrons. The fraction of sp³-hybridized carbons (Fsp3) is 0.308. The van der Waals surface area contributed by atoms with E-state index in [0.29, 0.717) is 12.2 Å². The molecule has 7 N–H and O–H groups in total. The van der Waals surface area contributed by atoms with E-state index in [-0.39, 0.29) is 24.1 Å². The molecule has 2 aromatic heterocycles. The van der Waals surface area contributed by atoms with E-state index in [0.717, 1.165) is 0 Å². The van der Waals surface area contributed by atoms with E-state index in [2.05, 4.69) is 24.9 Å². The normalized spacial score (nSPS) is 13.8. The Labute approximate surface area is 149 Å². The minimum absolute atomic E-state index is 0.0491. The summed E-state index contributed by atoms with van der Waals surface area (Å²) in [5.41, 5.74) is 7.46. The van der Waals surface area contributed by atoms with Gasteiger partial charge >= 0.3 is 17.1 Å². The molecule has 0 saturated heterocycles. The fourth-order valence-electron chi connectivity index (χ4n) is 1.97. The van der Waals surface area contributed by atoms with Crippen LogP contribution in [0.1, 0.15) is 19.2 Å². The summed E-state index contributed by atoms with van der Waals surface area (Å²) >= 11 is 0. The second-order valence-electron chi connectivity index (χ2n) is 5.33. The lowest BCUT2D eigenvalue weighted by molar-refractivity contribution is -0.123. The molecular formula is C13H16N10O4. The number of nitrogens with one attached hydrogen (secondary N) is 3. The number of carbonyl (C=O) groups is 1.